The Kier molecular flexibility index (Phi) is 9.49. The summed E-state index contributed by atoms with van der Waals surface area (Å²) in [6.45, 7) is 4.39. The number of carbonyl (C=O) groups is 3. The van der Waals surface area contributed by atoms with Crippen LogP contribution in [-0.4, -0.2) is 63.6 Å². The molecule has 0 radical (unpaired) electrons. The first-order valence-electron chi connectivity index (χ1n) is 15.3. The van der Waals surface area contributed by atoms with Gasteiger partial charge in [0.2, 0.25) is 6.41 Å². The molecule has 6 rings (SSSR count). The summed E-state index contributed by atoms with van der Waals surface area (Å²) in [5, 5.41) is 1.29. The van der Waals surface area contributed by atoms with Gasteiger partial charge in [0.1, 0.15) is 12.4 Å². The molecular weight excluding hydrogens is 612 g/mol. The van der Waals surface area contributed by atoms with Crippen LogP contribution in [0.4, 0.5) is 0 Å². The molecule has 0 saturated carbocycles. The molecule has 2 amide bonds. The van der Waals surface area contributed by atoms with Crippen LogP contribution in [0.15, 0.2) is 101 Å². The largest absolute Gasteiger partial charge is 0.489 e. The Morgan fingerprint density at radius 3 is 2.11 bits per heavy atom. The Balaban J connectivity index is 1.01. The summed E-state index contributed by atoms with van der Waals surface area (Å²) in [6.07, 6.45) is 0.821. The number of hydrogen-bond acceptors (Lipinski definition) is 7. The molecule has 0 atom stereocenters. The zero-order valence-corrected chi connectivity index (χ0v) is 27.0. The number of hydrogen-bond donors (Lipinski definition) is 0. The van der Waals surface area contributed by atoms with E-state index >= 15 is 0 Å². The third-order valence-corrected chi connectivity index (χ3v) is 9.43. The maximum absolute atomic E-state index is 13.2. The third kappa shape index (κ3) is 7.12. The Labute approximate surface area is 276 Å². The van der Waals surface area contributed by atoms with Gasteiger partial charge in [-0.05, 0) is 66.1 Å². The number of fused-ring (bicyclic) bond motifs is 1. The van der Waals surface area contributed by atoms with Gasteiger partial charge in [0.05, 0.1) is 10.9 Å². The van der Waals surface area contributed by atoms with Crippen molar-refractivity contribution >= 4 is 40.8 Å². The van der Waals surface area contributed by atoms with Crippen LogP contribution in [0, 0.1) is 6.92 Å². The molecule has 1 fully saturated rings. The molecule has 0 spiro atoms. The Bertz CT molecular complexity index is 1980. The smallest absolute Gasteiger partial charge is 0.262 e. The fraction of sp³-hybridized carbons (Fsp3) is 0.216. The van der Waals surface area contributed by atoms with Crippen LogP contribution in [0.3, 0.4) is 0 Å². The molecule has 2 heterocycles. The molecule has 0 N–H and O–H groups in total. The predicted octanol–water partition coefficient (Wildman–Crippen LogP) is 5.26. The number of amides is 2. The van der Waals surface area contributed by atoms with Crippen LogP contribution in [-0.2, 0) is 24.2 Å². The highest BCUT2D eigenvalue weighted by molar-refractivity contribution is 7.98. The van der Waals surface area contributed by atoms with Crippen molar-refractivity contribution in [3.8, 4) is 5.75 Å². The Hall–Kier alpha value is -5.22. The first-order valence-corrected chi connectivity index (χ1v) is 16.3. The molecule has 0 aliphatic carbocycles. The van der Waals surface area contributed by atoms with Gasteiger partial charge in [-0.3, -0.25) is 23.7 Å². The van der Waals surface area contributed by atoms with Crippen molar-refractivity contribution in [3.63, 3.8) is 0 Å². The zero-order chi connectivity index (χ0) is 32.9. The van der Waals surface area contributed by atoms with Gasteiger partial charge in [0.25, 0.3) is 11.5 Å². The van der Waals surface area contributed by atoms with Crippen molar-refractivity contribution < 1.29 is 19.1 Å². The van der Waals surface area contributed by atoms with E-state index < -0.39 is 0 Å². The average Bonchev–Trinajstić information content (AvgIpc) is 3.11. The molecule has 238 valence electrons. The molecule has 1 aromatic heterocycles. The van der Waals surface area contributed by atoms with Gasteiger partial charge in [0.15, 0.2) is 10.9 Å². The maximum Gasteiger partial charge on any atom is 0.262 e. The van der Waals surface area contributed by atoms with Crippen molar-refractivity contribution in [3.05, 3.63) is 135 Å². The lowest BCUT2D eigenvalue weighted by Crippen LogP contribution is -2.48. The SMILES string of the molecule is Cc1cccc2nc(SCc3ccc(C(=O)c4ccc(OCc5ccc(C(=O)N6CCN(C=O)CC6)cc5)cc4)cc3)n(C)c(=O)c12. The van der Waals surface area contributed by atoms with Gasteiger partial charge >= 0.3 is 0 Å². The molecule has 9 nitrogen and oxygen atoms in total. The van der Waals surface area contributed by atoms with Crippen molar-refractivity contribution in [2.45, 2.75) is 24.4 Å². The minimum atomic E-state index is -0.0856. The maximum atomic E-state index is 13.2. The van der Waals surface area contributed by atoms with E-state index in [0.717, 1.165) is 23.1 Å². The first-order chi connectivity index (χ1) is 22.8. The number of aryl methyl sites for hydroxylation is 1. The lowest BCUT2D eigenvalue weighted by molar-refractivity contribution is -0.119. The normalized spacial score (nSPS) is 13.1. The van der Waals surface area contributed by atoms with E-state index in [9.17, 15) is 19.2 Å². The fourth-order valence-electron chi connectivity index (χ4n) is 5.48. The lowest BCUT2D eigenvalue weighted by Gasteiger charge is -2.32. The topological polar surface area (TPSA) is 102 Å². The first kappa shape index (κ1) is 31.7. The minimum absolute atomic E-state index is 0.0433. The number of thioether (sulfide) groups is 1. The molecular formula is C37H34N4O5S. The zero-order valence-electron chi connectivity index (χ0n) is 26.2. The third-order valence-electron chi connectivity index (χ3n) is 8.33. The number of carbonyl (C=O) groups excluding carboxylic acids is 3. The number of ether oxygens (including phenoxy) is 1. The van der Waals surface area contributed by atoms with Gasteiger partial charge < -0.3 is 14.5 Å². The van der Waals surface area contributed by atoms with Crippen LogP contribution < -0.4 is 10.3 Å². The number of benzene rings is 4. The highest BCUT2D eigenvalue weighted by atomic mass is 32.2. The van der Waals surface area contributed by atoms with Gasteiger partial charge in [-0.2, -0.15) is 0 Å². The van der Waals surface area contributed by atoms with E-state index in [2.05, 4.69) is 0 Å². The molecule has 0 bridgehead atoms. The summed E-state index contributed by atoms with van der Waals surface area (Å²) in [5.74, 6) is 1.11. The van der Waals surface area contributed by atoms with E-state index in [-0.39, 0.29) is 17.2 Å². The van der Waals surface area contributed by atoms with Crippen molar-refractivity contribution in [1.29, 1.82) is 0 Å². The summed E-state index contributed by atoms with van der Waals surface area (Å²) in [5.41, 5.74) is 5.23. The number of nitrogens with zero attached hydrogens (tertiary/aromatic N) is 4. The van der Waals surface area contributed by atoms with E-state index in [1.54, 1.807) is 57.8 Å². The summed E-state index contributed by atoms with van der Waals surface area (Å²) in [4.78, 5) is 57.9. The van der Waals surface area contributed by atoms with E-state index in [1.165, 1.54) is 11.8 Å². The van der Waals surface area contributed by atoms with Crippen molar-refractivity contribution in [2.24, 2.45) is 7.05 Å². The summed E-state index contributed by atoms with van der Waals surface area (Å²) in [6, 6.07) is 27.5. The second-order valence-electron chi connectivity index (χ2n) is 11.5. The standard InChI is InChI=1S/C37H34N4O5S/c1-25-4-3-5-32-33(25)36(45)39(2)37(38-32)47-23-27-8-10-28(11-9-27)34(43)29-14-16-31(17-15-29)46-22-26-6-12-30(13-7-26)35(44)41-20-18-40(24-42)19-21-41/h3-17,24H,18-23H2,1-2H3. The molecule has 4 aromatic carbocycles. The van der Waals surface area contributed by atoms with Gasteiger partial charge in [0, 0.05) is 55.7 Å². The minimum Gasteiger partial charge on any atom is -0.489 e. The monoisotopic (exact) mass is 646 g/mol. The molecule has 47 heavy (non-hydrogen) atoms. The molecule has 10 heteroatoms. The number of aromatic nitrogens is 2. The molecule has 1 aliphatic rings. The van der Waals surface area contributed by atoms with Crippen LogP contribution in [0.2, 0.25) is 0 Å². The van der Waals surface area contributed by atoms with E-state index in [4.69, 9.17) is 9.72 Å². The lowest BCUT2D eigenvalue weighted by atomic mass is 10.0. The van der Waals surface area contributed by atoms with Crippen LogP contribution >= 0.6 is 11.8 Å². The van der Waals surface area contributed by atoms with Crippen LogP contribution in [0.1, 0.15) is 43.0 Å². The average molecular weight is 647 g/mol. The molecule has 1 saturated heterocycles. The number of ketones is 1. The predicted molar refractivity (Wildman–Crippen MR) is 182 cm³/mol. The second-order valence-corrected chi connectivity index (χ2v) is 12.4. The molecule has 0 unspecified atom stereocenters. The van der Waals surface area contributed by atoms with Crippen LogP contribution in [0.25, 0.3) is 10.9 Å². The summed E-state index contributed by atoms with van der Waals surface area (Å²) in [7, 11) is 1.74. The fourth-order valence-corrected chi connectivity index (χ4v) is 6.41. The number of rotatable bonds is 10. The Morgan fingerprint density at radius 1 is 0.830 bits per heavy atom. The Morgan fingerprint density at radius 2 is 1.45 bits per heavy atom. The summed E-state index contributed by atoms with van der Waals surface area (Å²) < 4.78 is 7.51. The van der Waals surface area contributed by atoms with Gasteiger partial charge in [-0.1, -0.05) is 60.3 Å². The van der Waals surface area contributed by atoms with Gasteiger partial charge in [-0.15, -0.1) is 0 Å². The van der Waals surface area contributed by atoms with Crippen molar-refractivity contribution in [1.82, 2.24) is 19.4 Å². The van der Waals surface area contributed by atoms with E-state index in [0.29, 0.717) is 77.0 Å². The van der Waals surface area contributed by atoms with Gasteiger partial charge in [-0.25, -0.2) is 4.98 Å². The quantitative estimate of drug-likeness (QED) is 0.0884. The second kappa shape index (κ2) is 14.0. The molecule has 5 aromatic rings. The number of piperazine rings is 1. The summed E-state index contributed by atoms with van der Waals surface area (Å²) >= 11 is 1.48. The molecule has 1 aliphatic heterocycles. The van der Waals surface area contributed by atoms with Crippen LogP contribution in [0.5, 0.6) is 5.75 Å². The highest BCUT2D eigenvalue weighted by Crippen LogP contribution is 2.24. The van der Waals surface area contributed by atoms with E-state index in [1.807, 2.05) is 61.5 Å². The van der Waals surface area contributed by atoms with Crippen molar-refractivity contribution in [2.75, 3.05) is 26.2 Å². The highest BCUT2D eigenvalue weighted by Gasteiger charge is 2.21.